The average Bonchev–Trinajstić information content (AvgIpc) is 2.84. The molecule has 19 heavy (non-hydrogen) atoms. The first kappa shape index (κ1) is 14.2. The zero-order valence-corrected chi connectivity index (χ0v) is 11.8. The van der Waals surface area contributed by atoms with E-state index in [0.29, 0.717) is 12.1 Å². The predicted molar refractivity (Wildman–Crippen MR) is 76.9 cm³/mol. The normalized spacial score (nSPS) is 22.5. The molecule has 3 N–H and O–H groups in total. The van der Waals surface area contributed by atoms with E-state index in [1.54, 1.807) is 14.2 Å². The van der Waals surface area contributed by atoms with E-state index in [2.05, 4.69) is 11.4 Å². The summed E-state index contributed by atoms with van der Waals surface area (Å²) in [5, 5.41) is 3.55. The van der Waals surface area contributed by atoms with Crippen molar-refractivity contribution in [2.75, 3.05) is 20.8 Å². The average molecular weight is 264 g/mol. The summed E-state index contributed by atoms with van der Waals surface area (Å²) in [4.78, 5) is 0. The predicted octanol–water partition coefficient (Wildman–Crippen LogP) is 1.72. The highest BCUT2D eigenvalue weighted by Crippen LogP contribution is 2.27. The Morgan fingerprint density at radius 2 is 2.00 bits per heavy atom. The Morgan fingerprint density at radius 1 is 1.21 bits per heavy atom. The van der Waals surface area contributed by atoms with E-state index < -0.39 is 0 Å². The molecule has 2 atom stereocenters. The smallest absolute Gasteiger partial charge is 0.160 e. The fourth-order valence-electron chi connectivity index (χ4n) is 2.68. The van der Waals surface area contributed by atoms with Crippen molar-refractivity contribution in [2.45, 2.75) is 37.8 Å². The van der Waals surface area contributed by atoms with Crippen molar-refractivity contribution in [3.8, 4) is 11.5 Å². The molecule has 0 bridgehead atoms. The standard InChI is InChI=1S/C15H24N2O2/c1-18-14-7-6-11(10-15(14)19-2)8-9-17-13-5-3-4-12(13)16/h6-7,10,12-13,17H,3-5,8-9,16H2,1-2H3/t12-,13+/m0/s1. The van der Waals surface area contributed by atoms with Gasteiger partial charge >= 0.3 is 0 Å². The van der Waals surface area contributed by atoms with Crippen LogP contribution in [0.2, 0.25) is 0 Å². The van der Waals surface area contributed by atoms with Gasteiger partial charge in [0, 0.05) is 12.1 Å². The van der Waals surface area contributed by atoms with E-state index in [1.807, 2.05) is 12.1 Å². The largest absolute Gasteiger partial charge is 0.493 e. The van der Waals surface area contributed by atoms with Crippen LogP contribution < -0.4 is 20.5 Å². The van der Waals surface area contributed by atoms with Gasteiger partial charge < -0.3 is 20.5 Å². The van der Waals surface area contributed by atoms with E-state index in [9.17, 15) is 0 Å². The maximum atomic E-state index is 6.04. The van der Waals surface area contributed by atoms with Crippen LogP contribution in [0.15, 0.2) is 18.2 Å². The first-order valence-electron chi connectivity index (χ1n) is 6.94. The third kappa shape index (κ3) is 3.61. The summed E-state index contributed by atoms with van der Waals surface area (Å²) in [6, 6.07) is 6.88. The molecule has 1 aliphatic rings. The number of hydrogen-bond acceptors (Lipinski definition) is 4. The molecule has 2 rings (SSSR count). The number of rotatable bonds is 6. The van der Waals surface area contributed by atoms with Crippen molar-refractivity contribution in [1.82, 2.24) is 5.32 Å². The van der Waals surface area contributed by atoms with Crippen molar-refractivity contribution >= 4 is 0 Å². The highest BCUT2D eigenvalue weighted by atomic mass is 16.5. The van der Waals surface area contributed by atoms with Crippen LogP contribution in [0.25, 0.3) is 0 Å². The van der Waals surface area contributed by atoms with Gasteiger partial charge in [-0.2, -0.15) is 0 Å². The lowest BCUT2D eigenvalue weighted by Gasteiger charge is -2.17. The fourth-order valence-corrected chi connectivity index (χ4v) is 2.68. The molecular weight excluding hydrogens is 240 g/mol. The lowest BCUT2D eigenvalue weighted by molar-refractivity contribution is 0.354. The molecule has 1 aromatic rings. The van der Waals surface area contributed by atoms with Crippen molar-refractivity contribution in [1.29, 1.82) is 0 Å². The highest BCUT2D eigenvalue weighted by molar-refractivity contribution is 5.42. The molecule has 0 aliphatic heterocycles. The summed E-state index contributed by atoms with van der Waals surface area (Å²) in [6.07, 6.45) is 4.57. The summed E-state index contributed by atoms with van der Waals surface area (Å²) >= 11 is 0. The van der Waals surface area contributed by atoms with Gasteiger partial charge in [-0.1, -0.05) is 12.5 Å². The Hall–Kier alpha value is -1.26. The summed E-state index contributed by atoms with van der Waals surface area (Å²) in [6.45, 7) is 0.952. The lowest BCUT2D eigenvalue weighted by atomic mass is 10.1. The van der Waals surface area contributed by atoms with Crippen LogP contribution in [-0.4, -0.2) is 32.8 Å². The van der Waals surface area contributed by atoms with Crippen molar-refractivity contribution < 1.29 is 9.47 Å². The molecule has 0 unspecified atom stereocenters. The number of nitrogens with two attached hydrogens (primary N) is 1. The van der Waals surface area contributed by atoms with E-state index in [-0.39, 0.29) is 0 Å². The quantitative estimate of drug-likeness (QED) is 0.821. The second kappa shape index (κ2) is 6.78. The zero-order chi connectivity index (χ0) is 13.7. The van der Waals surface area contributed by atoms with Crippen LogP contribution in [0.3, 0.4) is 0 Å². The van der Waals surface area contributed by atoms with Crippen LogP contribution in [0.1, 0.15) is 24.8 Å². The molecule has 0 amide bonds. The van der Waals surface area contributed by atoms with Crippen LogP contribution in [0.5, 0.6) is 11.5 Å². The van der Waals surface area contributed by atoms with E-state index >= 15 is 0 Å². The fraction of sp³-hybridized carbons (Fsp3) is 0.600. The Morgan fingerprint density at radius 3 is 2.63 bits per heavy atom. The van der Waals surface area contributed by atoms with Gasteiger partial charge in [-0.25, -0.2) is 0 Å². The van der Waals surface area contributed by atoms with Crippen molar-refractivity contribution in [2.24, 2.45) is 5.73 Å². The molecule has 0 heterocycles. The Labute approximate surface area is 115 Å². The number of nitrogens with one attached hydrogen (secondary N) is 1. The van der Waals surface area contributed by atoms with E-state index in [0.717, 1.165) is 30.9 Å². The number of methoxy groups -OCH3 is 2. The SMILES string of the molecule is COc1ccc(CCN[C@@H]2CCC[C@@H]2N)cc1OC. The molecule has 1 saturated carbocycles. The molecule has 4 nitrogen and oxygen atoms in total. The Kier molecular flexibility index (Phi) is 5.05. The highest BCUT2D eigenvalue weighted by Gasteiger charge is 2.22. The summed E-state index contributed by atoms with van der Waals surface area (Å²) in [5.41, 5.74) is 7.29. The first-order valence-corrected chi connectivity index (χ1v) is 6.94. The molecule has 1 aromatic carbocycles. The maximum absolute atomic E-state index is 6.04. The minimum absolute atomic E-state index is 0.324. The van der Waals surface area contributed by atoms with Gasteiger partial charge in [0.05, 0.1) is 14.2 Å². The summed E-state index contributed by atoms with van der Waals surface area (Å²) < 4.78 is 10.5. The molecule has 0 saturated heterocycles. The second-order valence-corrected chi connectivity index (χ2v) is 5.09. The van der Waals surface area contributed by atoms with Gasteiger partial charge in [0.1, 0.15) is 0 Å². The summed E-state index contributed by atoms with van der Waals surface area (Å²) in [7, 11) is 3.32. The molecule has 0 aromatic heterocycles. The topological polar surface area (TPSA) is 56.5 Å². The third-order valence-electron chi connectivity index (χ3n) is 3.84. The number of hydrogen-bond donors (Lipinski definition) is 2. The van der Waals surface area contributed by atoms with Gasteiger partial charge in [-0.3, -0.25) is 0 Å². The number of benzene rings is 1. The molecular formula is C15H24N2O2. The molecule has 4 heteroatoms. The number of ether oxygens (including phenoxy) is 2. The lowest BCUT2D eigenvalue weighted by Crippen LogP contribution is -2.41. The minimum Gasteiger partial charge on any atom is -0.493 e. The molecule has 0 spiro atoms. The van der Waals surface area contributed by atoms with Gasteiger partial charge in [0.15, 0.2) is 11.5 Å². The van der Waals surface area contributed by atoms with Crippen LogP contribution >= 0.6 is 0 Å². The maximum Gasteiger partial charge on any atom is 0.160 e. The Bertz CT molecular complexity index is 409. The van der Waals surface area contributed by atoms with Gasteiger partial charge in [0.2, 0.25) is 0 Å². The van der Waals surface area contributed by atoms with Crippen molar-refractivity contribution in [3.63, 3.8) is 0 Å². The van der Waals surface area contributed by atoms with E-state index in [1.165, 1.54) is 18.4 Å². The van der Waals surface area contributed by atoms with Gasteiger partial charge in [0.25, 0.3) is 0 Å². The monoisotopic (exact) mass is 264 g/mol. The molecule has 1 fully saturated rings. The zero-order valence-electron chi connectivity index (χ0n) is 11.8. The van der Waals surface area contributed by atoms with Crippen LogP contribution in [-0.2, 0) is 6.42 Å². The second-order valence-electron chi connectivity index (χ2n) is 5.09. The first-order chi connectivity index (χ1) is 9.24. The molecule has 0 radical (unpaired) electrons. The van der Waals surface area contributed by atoms with Crippen LogP contribution in [0.4, 0.5) is 0 Å². The Balaban J connectivity index is 1.85. The van der Waals surface area contributed by atoms with Crippen molar-refractivity contribution in [3.05, 3.63) is 23.8 Å². The van der Waals surface area contributed by atoms with Gasteiger partial charge in [-0.15, -0.1) is 0 Å². The molecule has 1 aliphatic carbocycles. The van der Waals surface area contributed by atoms with Crippen LogP contribution in [0, 0.1) is 0 Å². The third-order valence-corrected chi connectivity index (χ3v) is 3.84. The van der Waals surface area contributed by atoms with Gasteiger partial charge in [-0.05, 0) is 43.5 Å². The summed E-state index contributed by atoms with van der Waals surface area (Å²) in [5.74, 6) is 1.56. The molecule has 106 valence electrons. The minimum atomic E-state index is 0.324. The van der Waals surface area contributed by atoms with E-state index in [4.69, 9.17) is 15.2 Å².